The number of nitrogens with zero attached hydrogens (tertiary/aromatic N) is 1. The maximum atomic E-state index is 9.76. The summed E-state index contributed by atoms with van der Waals surface area (Å²) in [5.41, 5.74) is 0. The topological polar surface area (TPSA) is 60.4 Å². The van der Waals surface area contributed by atoms with Gasteiger partial charge in [-0.05, 0) is 19.8 Å². The smallest absolute Gasteiger partial charge is 0.102 e. The lowest BCUT2D eigenvalue weighted by atomic mass is 10.2. The van der Waals surface area contributed by atoms with Crippen LogP contribution in [-0.4, -0.2) is 49.4 Å². The first kappa shape index (κ1) is 17.8. The molecule has 0 aliphatic heterocycles. The highest BCUT2D eigenvalue weighted by Gasteiger charge is 2.08. The number of rotatable bonds is 7. The number of quaternary nitrogens is 1. The molecule has 1 N–H and O–H groups in total. The van der Waals surface area contributed by atoms with Gasteiger partial charge < -0.3 is 19.5 Å². The van der Waals surface area contributed by atoms with Crippen molar-refractivity contribution < 1.29 is 19.5 Å². The monoisotopic (exact) mass is 233 g/mol. The first-order chi connectivity index (χ1) is 7.39. The van der Waals surface area contributed by atoms with E-state index in [1.807, 2.05) is 6.92 Å². The highest BCUT2D eigenvalue weighted by molar-refractivity contribution is 5.63. The van der Waals surface area contributed by atoms with E-state index in [4.69, 9.17) is 5.11 Å². The van der Waals surface area contributed by atoms with Crippen molar-refractivity contribution in [1.82, 2.24) is 0 Å². The number of hydrogen-bond acceptors (Lipinski definition) is 3. The van der Waals surface area contributed by atoms with Crippen molar-refractivity contribution in [3.8, 4) is 0 Å². The lowest BCUT2D eigenvalue weighted by Crippen LogP contribution is -2.41. The van der Waals surface area contributed by atoms with Crippen molar-refractivity contribution in [1.29, 1.82) is 0 Å². The normalized spacial score (nSPS) is 10.6. The molecule has 0 aromatic carbocycles. The molecule has 0 aromatic rings. The Morgan fingerprint density at radius 3 is 2.06 bits per heavy atom. The molecule has 4 heteroatoms. The molecule has 98 valence electrons. The molecule has 4 nitrogen and oxygen atoms in total. The van der Waals surface area contributed by atoms with Crippen LogP contribution < -0.4 is 5.11 Å². The van der Waals surface area contributed by atoms with E-state index in [-0.39, 0.29) is 6.42 Å². The standard InChI is InChI=1S/C6H16NO.C6H12O2/c1-4-7(2,3)5-6-8;1-2-3-4-5-6(7)8/h8H,4-6H2,1-3H3;2-5H2,1H3,(H,7,8)/q+1;/p-1. The summed E-state index contributed by atoms with van der Waals surface area (Å²) in [6, 6.07) is 0. The van der Waals surface area contributed by atoms with Crippen molar-refractivity contribution in [2.75, 3.05) is 33.8 Å². The van der Waals surface area contributed by atoms with Gasteiger partial charge in [-0.1, -0.05) is 19.8 Å². The van der Waals surface area contributed by atoms with E-state index in [0.29, 0.717) is 6.61 Å². The Labute approximate surface area is 99.5 Å². The van der Waals surface area contributed by atoms with Crippen molar-refractivity contribution in [3.63, 3.8) is 0 Å². The van der Waals surface area contributed by atoms with Crippen LogP contribution in [-0.2, 0) is 4.79 Å². The van der Waals surface area contributed by atoms with Crippen molar-refractivity contribution in [2.24, 2.45) is 0 Å². The van der Waals surface area contributed by atoms with Gasteiger partial charge in [0, 0.05) is 5.97 Å². The van der Waals surface area contributed by atoms with E-state index in [9.17, 15) is 9.90 Å². The summed E-state index contributed by atoms with van der Waals surface area (Å²) in [4.78, 5) is 9.76. The minimum absolute atomic E-state index is 0.216. The third-order valence-electron chi connectivity index (χ3n) is 2.55. The van der Waals surface area contributed by atoms with Gasteiger partial charge in [-0.3, -0.25) is 0 Å². The maximum absolute atomic E-state index is 9.76. The van der Waals surface area contributed by atoms with Gasteiger partial charge in [-0.25, -0.2) is 0 Å². The fourth-order valence-electron chi connectivity index (χ4n) is 0.948. The molecular weight excluding hydrogens is 206 g/mol. The third-order valence-corrected chi connectivity index (χ3v) is 2.55. The summed E-state index contributed by atoms with van der Waals surface area (Å²) in [6.45, 7) is 6.39. The average molecular weight is 233 g/mol. The summed E-state index contributed by atoms with van der Waals surface area (Å²) < 4.78 is 0.913. The molecule has 0 heterocycles. The van der Waals surface area contributed by atoms with Gasteiger partial charge in [0.25, 0.3) is 0 Å². The minimum atomic E-state index is -0.932. The fraction of sp³-hybridized carbons (Fsp3) is 0.917. The van der Waals surface area contributed by atoms with Crippen LogP contribution in [0.5, 0.6) is 0 Å². The Balaban J connectivity index is 0. The quantitative estimate of drug-likeness (QED) is 0.511. The van der Waals surface area contributed by atoms with Gasteiger partial charge in [0.05, 0.1) is 27.2 Å². The zero-order valence-corrected chi connectivity index (χ0v) is 11.2. The summed E-state index contributed by atoms with van der Waals surface area (Å²) in [7, 11) is 4.21. The summed E-state index contributed by atoms with van der Waals surface area (Å²) >= 11 is 0. The number of carboxylic acid groups (broad SMARTS) is 1. The van der Waals surface area contributed by atoms with Crippen LogP contribution in [0.2, 0.25) is 0 Å². The van der Waals surface area contributed by atoms with E-state index in [0.717, 1.165) is 36.8 Å². The first-order valence-corrected chi connectivity index (χ1v) is 6.02. The zero-order chi connectivity index (χ0) is 13.0. The summed E-state index contributed by atoms with van der Waals surface area (Å²) in [5, 5.41) is 18.3. The largest absolute Gasteiger partial charge is 0.550 e. The maximum Gasteiger partial charge on any atom is 0.102 e. The van der Waals surface area contributed by atoms with E-state index in [1.54, 1.807) is 0 Å². The molecule has 0 atom stereocenters. The molecule has 16 heavy (non-hydrogen) atoms. The number of aliphatic hydroxyl groups excluding tert-OH is 1. The Morgan fingerprint density at radius 1 is 1.25 bits per heavy atom. The number of aliphatic hydroxyl groups is 1. The highest BCUT2D eigenvalue weighted by atomic mass is 16.4. The third kappa shape index (κ3) is 15.8. The number of unbranched alkanes of at least 4 members (excludes halogenated alkanes) is 2. The van der Waals surface area contributed by atoms with Crippen LogP contribution >= 0.6 is 0 Å². The summed E-state index contributed by atoms with van der Waals surface area (Å²) in [5.74, 6) is -0.932. The van der Waals surface area contributed by atoms with Gasteiger partial charge in [0.15, 0.2) is 0 Å². The van der Waals surface area contributed by atoms with Crippen molar-refractivity contribution in [3.05, 3.63) is 0 Å². The Bertz CT molecular complexity index is 170. The molecule has 0 amide bonds. The molecule has 0 rings (SSSR count). The van der Waals surface area contributed by atoms with Crippen LogP contribution in [0, 0.1) is 0 Å². The summed E-state index contributed by atoms with van der Waals surface area (Å²) in [6.07, 6.45) is 3.04. The fourth-order valence-corrected chi connectivity index (χ4v) is 0.948. The molecule has 0 saturated carbocycles. The zero-order valence-electron chi connectivity index (χ0n) is 11.2. The van der Waals surface area contributed by atoms with Gasteiger partial charge in [-0.2, -0.15) is 0 Å². The van der Waals surface area contributed by atoms with Gasteiger partial charge in [0.2, 0.25) is 0 Å². The van der Waals surface area contributed by atoms with Crippen LogP contribution in [0.1, 0.15) is 39.5 Å². The molecule has 0 bridgehead atoms. The van der Waals surface area contributed by atoms with E-state index < -0.39 is 5.97 Å². The van der Waals surface area contributed by atoms with Crippen LogP contribution in [0.15, 0.2) is 0 Å². The number of carboxylic acids is 1. The predicted octanol–water partition coefficient (Wildman–Crippen LogP) is 0.392. The lowest BCUT2D eigenvalue weighted by Gasteiger charge is -2.26. The van der Waals surface area contributed by atoms with Crippen LogP contribution in [0.4, 0.5) is 0 Å². The second-order valence-electron chi connectivity index (χ2n) is 4.53. The molecule has 0 aromatic heterocycles. The molecule has 0 saturated heterocycles. The first-order valence-electron chi connectivity index (χ1n) is 6.02. The Kier molecular flexibility index (Phi) is 12.1. The Hall–Kier alpha value is -0.610. The number of aliphatic carboxylic acids is 1. The predicted molar refractivity (Wildman–Crippen MR) is 63.8 cm³/mol. The SMILES string of the molecule is CCCCCC(=O)[O-].CC[N+](C)(C)CCO. The van der Waals surface area contributed by atoms with Gasteiger partial charge >= 0.3 is 0 Å². The molecule has 0 aliphatic rings. The van der Waals surface area contributed by atoms with Crippen LogP contribution in [0.25, 0.3) is 0 Å². The van der Waals surface area contributed by atoms with E-state index in [2.05, 4.69) is 21.0 Å². The van der Waals surface area contributed by atoms with Gasteiger partial charge in [0.1, 0.15) is 6.54 Å². The molecule has 0 spiro atoms. The molecule has 0 radical (unpaired) electrons. The number of likely N-dealkylation sites (N-methyl/N-ethyl adjacent to an activating group) is 1. The van der Waals surface area contributed by atoms with E-state index in [1.165, 1.54) is 0 Å². The van der Waals surface area contributed by atoms with Crippen molar-refractivity contribution in [2.45, 2.75) is 39.5 Å². The van der Waals surface area contributed by atoms with Crippen LogP contribution in [0.3, 0.4) is 0 Å². The minimum Gasteiger partial charge on any atom is -0.550 e. The molecule has 0 unspecified atom stereocenters. The number of carbonyl (C=O) groups excluding carboxylic acids is 1. The molecular formula is C12H27NO3. The Morgan fingerprint density at radius 2 is 1.81 bits per heavy atom. The lowest BCUT2D eigenvalue weighted by molar-refractivity contribution is -0.888. The number of hydrogen-bond donors (Lipinski definition) is 1. The highest BCUT2D eigenvalue weighted by Crippen LogP contribution is 1.96. The second kappa shape index (κ2) is 10.9. The molecule has 0 fully saturated rings. The second-order valence-corrected chi connectivity index (χ2v) is 4.53. The van der Waals surface area contributed by atoms with Gasteiger partial charge in [-0.15, -0.1) is 0 Å². The van der Waals surface area contributed by atoms with E-state index >= 15 is 0 Å². The average Bonchev–Trinajstić information content (AvgIpc) is 2.19. The number of carbonyl (C=O) groups is 1. The molecule has 0 aliphatic carbocycles. The van der Waals surface area contributed by atoms with Crippen molar-refractivity contribution >= 4 is 5.97 Å².